The van der Waals surface area contributed by atoms with Crippen molar-refractivity contribution in [2.24, 2.45) is 0 Å². The van der Waals surface area contributed by atoms with E-state index < -0.39 is 0 Å². The maximum absolute atomic E-state index is 13.2. The SMILES string of the molecule is Cc1ccc(OCCCn2cnc3sc(C)c(-c4ccc(Br)cc4)c3c2=O)cc1. The van der Waals surface area contributed by atoms with Gasteiger partial charge in [-0.15, -0.1) is 11.3 Å². The number of aryl methyl sites for hydroxylation is 3. The van der Waals surface area contributed by atoms with Crippen LogP contribution in [-0.2, 0) is 6.54 Å². The number of rotatable bonds is 6. The molecule has 0 aliphatic rings. The van der Waals surface area contributed by atoms with Crippen molar-refractivity contribution in [3.8, 4) is 16.9 Å². The van der Waals surface area contributed by atoms with Crippen molar-refractivity contribution < 1.29 is 4.74 Å². The molecule has 4 nitrogen and oxygen atoms in total. The highest BCUT2D eigenvalue weighted by Crippen LogP contribution is 2.35. The molecule has 0 atom stereocenters. The smallest absolute Gasteiger partial charge is 0.262 e. The molecule has 148 valence electrons. The molecule has 6 heteroatoms. The third-order valence-corrected chi connectivity index (χ3v) is 6.36. The second-order valence-electron chi connectivity index (χ2n) is 6.98. The fraction of sp³-hybridized carbons (Fsp3) is 0.217. The van der Waals surface area contributed by atoms with Crippen molar-refractivity contribution in [2.45, 2.75) is 26.8 Å². The van der Waals surface area contributed by atoms with Crippen molar-refractivity contribution in [1.29, 1.82) is 0 Å². The number of hydrogen-bond donors (Lipinski definition) is 0. The molecule has 4 aromatic rings. The topological polar surface area (TPSA) is 44.1 Å². The summed E-state index contributed by atoms with van der Waals surface area (Å²) in [5.41, 5.74) is 3.24. The Morgan fingerprint density at radius 1 is 1.07 bits per heavy atom. The van der Waals surface area contributed by atoms with E-state index in [1.165, 1.54) is 5.56 Å². The van der Waals surface area contributed by atoms with Crippen molar-refractivity contribution in [2.75, 3.05) is 6.61 Å². The molecule has 0 spiro atoms. The zero-order valence-corrected chi connectivity index (χ0v) is 18.7. The van der Waals surface area contributed by atoms with Gasteiger partial charge in [0.2, 0.25) is 0 Å². The van der Waals surface area contributed by atoms with Crippen molar-refractivity contribution in [3.63, 3.8) is 0 Å². The van der Waals surface area contributed by atoms with Gasteiger partial charge in [0.05, 0.1) is 18.3 Å². The third kappa shape index (κ3) is 4.28. The van der Waals surface area contributed by atoms with Crippen LogP contribution in [0.1, 0.15) is 16.9 Å². The van der Waals surface area contributed by atoms with E-state index in [9.17, 15) is 4.79 Å². The molecule has 0 N–H and O–H groups in total. The predicted octanol–water partition coefficient (Wildman–Crippen LogP) is 5.97. The summed E-state index contributed by atoms with van der Waals surface area (Å²) in [6, 6.07) is 16.0. The van der Waals surface area contributed by atoms with E-state index in [0.29, 0.717) is 18.5 Å². The number of nitrogens with zero attached hydrogens (tertiary/aromatic N) is 2. The van der Waals surface area contributed by atoms with Crippen LogP contribution in [0.3, 0.4) is 0 Å². The molecular formula is C23H21BrN2O2S. The van der Waals surface area contributed by atoms with Crippen LogP contribution in [0.15, 0.2) is 64.1 Å². The number of ether oxygens (including phenoxy) is 1. The monoisotopic (exact) mass is 468 g/mol. The fourth-order valence-corrected chi connectivity index (χ4v) is 4.59. The van der Waals surface area contributed by atoms with Crippen LogP contribution in [0.4, 0.5) is 0 Å². The van der Waals surface area contributed by atoms with Gasteiger partial charge in [0.25, 0.3) is 5.56 Å². The normalized spacial score (nSPS) is 11.1. The number of halogens is 1. The summed E-state index contributed by atoms with van der Waals surface area (Å²) in [6.45, 7) is 5.22. The molecule has 0 aliphatic heterocycles. The van der Waals surface area contributed by atoms with Crippen molar-refractivity contribution in [1.82, 2.24) is 9.55 Å². The molecule has 0 saturated heterocycles. The van der Waals surface area contributed by atoms with E-state index in [1.807, 2.05) is 62.4 Å². The Kier molecular flexibility index (Phi) is 5.83. The average Bonchev–Trinajstić information content (AvgIpc) is 3.05. The maximum Gasteiger partial charge on any atom is 0.262 e. The molecule has 0 radical (unpaired) electrons. The van der Waals surface area contributed by atoms with E-state index in [1.54, 1.807) is 22.2 Å². The van der Waals surface area contributed by atoms with Crippen LogP contribution in [0.2, 0.25) is 0 Å². The summed E-state index contributed by atoms with van der Waals surface area (Å²) in [6.07, 6.45) is 2.38. The molecule has 2 aromatic carbocycles. The zero-order chi connectivity index (χ0) is 20.4. The highest BCUT2D eigenvalue weighted by atomic mass is 79.9. The second-order valence-corrected chi connectivity index (χ2v) is 9.10. The van der Waals surface area contributed by atoms with E-state index in [4.69, 9.17) is 4.74 Å². The average molecular weight is 469 g/mol. The molecular weight excluding hydrogens is 448 g/mol. The molecule has 2 heterocycles. The molecule has 0 fully saturated rings. The lowest BCUT2D eigenvalue weighted by atomic mass is 10.0. The molecule has 4 rings (SSSR count). The summed E-state index contributed by atoms with van der Waals surface area (Å²) in [5, 5.41) is 0.705. The second kappa shape index (κ2) is 8.51. The van der Waals surface area contributed by atoms with Gasteiger partial charge >= 0.3 is 0 Å². The van der Waals surface area contributed by atoms with E-state index in [2.05, 4.69) is 20.9 Å². The number of thiophene rings is 1. The van der Waals surface area contributed by atoms with Crippen LogP contribution in [0.25, 0.3) is 21.3 Å². The number of aromatic nitrogens is 2. The standard InChI is InChI=1S/C23H21BrN2O2S/c1-15-4-10-19(11-5-15)28-13-3-12-26-14-25-22-21(23(26)27)20(16(2)29-22)17-6-8-18(24)9-7-17/h4-11,14H,3,12-13H2,1-2H3. The van der Waals surface area contributed by atoms with Gasteiger partial charge in [0.1, 0.15) is 10.6 Å². The van der Waals surface area contributed by atoms with Gasteiger partial charge in [0.15, 0.2) is 0 Å². The Labute approximate surface area is 181 Å². The van der Waals surface area contributed by atoms with E-state index >= 15 is 0 Å². The lowest BCUT2D eigenvalue weighted by Crippen LogP contribution is -2.21. The summed E-state index contributed by atoms with van der Waals surface area (Å²) in [7, 11) is 0. The molecule has 0 bridgehead atoms. The van der Waals surface area contributed by atoms with Gasteiger partial charge in [-0.3, -0.25) is 9.36 Å². The molecule has 29 heavy (non-hydrogen) atoms. The molecule has 0 saturated carbocycles. The largest absolute Gasteiger partial charge is 0.494 e. The minimum atomic E-state index is 0.00704. The Hall–Kier alpha value is -2.44. The van der Waals surface area contributed by atoms with Gasteiger partial charge in [-0.1, -0.05) is 45.8 Å². The van der Waals surface area contributed by atoms with Gasteiger partial charge in [-0.25, -0.2) is 4.98 Å². The molecule has 0 amide bonds. The van der Waals surface area contributed by atoms with Crippen LogP contribution in [-0.4, -0.2) is 16.2 Å². The molecule has 2 aromatic heterocycles. The highest BCUT2D eigenvalue weighted by Gasteiger charge is 2.16. The summed E-state index contributed by atoms with van der Waals surface area (Å²) in [5.74, 6) is 0.850. The molecule has 0 aliphatic carbocycles. The maximum atomic E-state index is 13.2. The summed E-state index contributed by atoms with van der Waals surface area (Å²) < 4.78 is 8.49. The first-order valence-corrected chi connectivity index (χ1v) is 11.1. The minimum absolute atomic E-state index is 0.00704. The van der Waals surface area contributed by atoms with Crippen molar-refractivity contribution >= 4 is 37.5 Å². The Bertz CT molecular complexity index is 1190. The Balaban J connectivity index is 1.55. The number of fused-ring (bicyclic) bond motifs is 1. The first kappa shape index (κ1) is 19.9. The van der Waals surface area contributed by atoms with E-state index in [0.717, 1.165) is 37.5 Å². The quantitative estimate of drug-likeness (QED) is 0.327. The zero-order valence-electron chi connectivity index (χ0n) is 16.3. The van der Waals surface area contributed by atoms with Crippen LogP contribution >= 0.6 is 27.3 Å². The van der Waals surface area contributed by atoms with Gasteiger partial charge < -0.3 is 4.74 Å². The van der Waals surface area contributed by atoms with Crippen LogP contribution < -0.4 is 10.3 Å². The van der Waals surface area contributed by atoms with Gasteiger partial charge in [-0.05, 0) is 50.1 Å². The molecule has 0 unspecified atom stereocenters. The first-order chi connectivity index (χ1) is 14.0. The van der Waals surface area contributed by atoms with Gasteiger partial charge in [0, 0.05) is 21.5 Å². The Morgan fingerprint density at radius 2 is 1.79 bits per heavy atom. The minimum Gasteiger partial charge on any atom is -0.494 e. The summed E-state index contributed by atoms with van der Waals surface area (Å²) >= 11 is 5.04. The lowest BCUT2D eigenvalue weighted by molar-refractivity contribution is 0.301. The van der Waals surface area contributed by atoms with Gasteiger partial charge in [-0.2, -0.15) is 0 Å². The highest BCUT2D eigenvalue weighted by molar-refractivity contribution is 9.10. The Morgan fingerprint density at radius 3 is 2.52 bits per heavy atom. The first-order valence-electron chi connectivity index (χ1n) is 9.47. The van der Waals surface area contributed by atoms with Crippen LogP contribution in [0.5, 0.6) is 5.75 Å². The van der Waals surface area contributed by atoms with Crippen LogP contribution in [0, 0.1) is 13.8 Å². The predicted molar refractivity (Wildman–Crippen MR) is 123 cm³/mol. The number of hydrogen-bond acceptors (Lipinski definition) is 4. The number of benzene rings is 2. The fourth-order valence-electron chi connectivity index (χ4n) is 3.32. The lowest BCUT2D eigenvalue weighted by Gasteiger charge is -2.09. The summed E-state index contributed by atoms with van der Waals surface area (Å²) in [4.78, 5) is 19.6. The van der Waals surface area contributed by atoms with Crippen molar-refractivity contribution in [3.05, 3.63) is 80.1 Å². The van der Waals surface area contributed by atoms with E-state index in [-0.39, 0.29) is 5.56 Å². The third-order valence-electron chi connectivity index (χ3n) is 4.82.